The molecule has 0 fully saturated rings. The number of amides is 1. The van der Waals surface area contributed by atoms with Gasteiger partial charge in [-0.1, -0.05) is 6.58 Å². The van der Waals surface area contributed by atoms with Gasteiger partial charge >= 0.3 is 6.09 Å². The highest BCUT2D eigenvalue weighted by molar-refractivity contribution is 5.67. The number of aromatic nitrogens is 1. The van der Waals surface area contributed by atoms with Crippen LogP contribution in [0.25, 0.3) is 5.76 Å². The van der Waals surface area contributed by atoms with Crippen LogP contribution in [0.2, 0.25) is 0 Å². The Balaban J connectivity index is 2.47. The molecule has 0 aliphatic rings. The molecule has 0 radical (unpaired) electrons. The number of hydrogen-bond acceptors (Lipinski definition) is 5. The zero-order chi connectivity index (χ0) is 13.8. The molecule has 6 nitrogen and oxygen atoms in total. The summed E-state index contributed by atoms with van der Waals surface area (Å²) in [4.78, 5) is 15.5. The molecule has 0 spiro atoms. The third kappa shape index (κ3) is 4.48. The zero-order valence-corrected chi connectivity index (χ0v) is 11.1. The first-order chi connectivity index (χ1) is 8.31. The van der Waals surface area contributed by atoms with E-state index in [0.29, 0.717) is 17.3 Å². The van der Waals surface area contributed by atoms with Crippen LogP contribution in [0.4, 0.5) is 4.79 Å². The Morgan fingerprint density at radius 3 is 2.78 bits per heavy atom. The van der Waals surface area contributed by atoms with E-state index in [0.717, 1.165) is 0 Å². The molecule has 6 heteroatoms. The SMILES string of the molecule is C=C(OC)c1coc(CNC(=O)OC(C)(C)C)n1. The number of nitrogens with one attached hydrogen (secondary N) is 1. The third-order valence-corrected chi connectivity index (χ3v) is 1.87. The Labute approximate surface area is 106 Å². The number of oxazole rings is 1. The maximum atomic E-state index is 11.4. The monoisotopic (exact) mass is 254 g/mol. The summed E-state index contributed by atoms with van der Waals surface area (Å²) in [6, 6.07) is 0. The molecule has 1 heterocycles. The summed E-state index contributed by atoms with van der Waals surface area (Å²) in [5.41, 5.74) is -0.0330. The highest BCUT2D eigenvalue weighted by Crippen LogP contribution is 2.12. The fraction of sp³-hybridized carbons (Fsp3) is 0.500. The molecule has 0 saturated carbocycles. The van der Waals surface area contributed by atoms with Crippen molar-refractivity contribution in [1.82, 2.24) is 10.3 Å². The maximum Gasteiger partial charge on any atom is 0.408 e. The van der Waals surface area contributed by atoms with Crippen molar-refractivity contribution in [3.05, 3.63) is 24.4 Å². The second-order valence-corrected chi connectivity index (χ2v) is 4.61. The molecule has 1 aromatic heterocycles. The molecule has 18 heavy (non-hydrogen) atoms. The molecule has 1 N–H and O–H groups in total. The van der Waals surface area contributed by atoms with Gasteiger partial charge in [0.2, 0.25) is 5.89 Å². The van der Waals surface area contributed by atoms with E-state index in [1.807, 2.05) is 0 Å². The fourth-order valence-corrected chi connectivity index (χ4v) is 1.09. The minimum Gasteiger partial charge on any atom is -0.495 e. The van der Waals surface area contributed by atoms with Gasteiger partial charge in [-0.05, 0) is 20.8 Å². The topological polar surface area (TPSA) is 73.6 Å². The van der Waals surface area contributed by atoms with Gasteiger partial charge in [0, 0.05) is 0 Å². The summed E-state index contributed by atoms with van der Waals surface area (Å²) in [6.45, 7) is 9.16. The second kappa shape index (κ2) is 5.57. The van der Waals surface area contributed by atoms with Gasteiger partial charge in [0.05, 0.1) is 13.7 Å². The molecular weight excluding hydrogens is 236 g/mol. The van der Waals surface area contributed by atoms with E-state index in [-0.39, 0.29) is 6.54 Å². The molecule has 0 aromatic carbocycles. The quantitative estimate of drug-likeness (QED) is 0.835. The molecule has 100 valence electrons. The van der Waals surface area contributed by atoms with Crippen molar-refractivity contribution < 1.29 is 18.7 Å². The van der Waals surface area contributed by atoms with Gasteiger partial charge in [0.1, 0.15) is 23.3 Å². The number of carbonyl (C=O) groups is 1. The first kappa shape index (κ1) is 14.1. The largest absolute Gasteiger partial charge is 0.495 e. The van der Waals surface area contributed by atoms with Crippen LogP contribution in [0, 0.1) is 0 Å². The average molecular weight is 254 g/mol. The Hall–Kier alpha value is -1.98. The van der Waals surface area contributed by atoms with Crippen LogP contribution in [0.1, 0.15) is 32.4 Å². The number of hydrogen-bond donors (Lipinski definition) is 1. The number of carbonyl (C=O) groups excluding carboxylic acids is 1. The summed E-state index contributed by atoms with van der Waals surface area (Å²) in [7, 11) is 1.50. The summed E-state index contributed by atoms with van der Waals surface area (Å²) < 4.78 is 15.1. The number of nitrogens with zero attached hydrogens (tertiary/aromatic N) is 1. The number of ether oxygens (including phenoxy) is 2. The number of alkyl carbamates (subject to hydrolysis) is 1. The van der Waals surface area contributed by atoms with E-state index in [4.69, 9.17) is 13.9 Å². The predicted molar refractivity (Wildman–Crippen MR) is 65.6 cm³/mol. The molecule has 0 bridgehead atoms. The fourth-order valence-electron chi connectivity index (χ4n) is 1.09. The Morgan fingerprint density at radius 1 is 1.56 bits per heavy atom. The summed E-state index contributed by atoms with van der Waals surface area (Å²) in [5.74, 6) is 0.760. The van der Waals surface area contributed by atoms with Crippen molar-refractivity contribution in [3.8, 4) is 0 Å². The van der Waals surface area contributed by atoms with Gasteiger partial charge < -0.3 is 19.2 Å². The standard InChI is InChI=1S/C12H18N2O4/c1-8(16-5)9-7-17-10(14-9)6-13-11(15)18-12(2,3)4/h7H,1,6H2,2-5H3,(H,13,15). The lowest BCUT2D eigenvalue weighted by Crippen LogP contribution is -2.32. The minimum atomic E-state index is -0.532. The number of rotatable bonds is 4. The first-order valence-corrected chi connectivity index (χ1v) is 5.46. The highest BCUT2D eigenvalue weighted by Gasteiger charge is 2.16. The van der Waals surface area contributed by atoms with Crippen LogP contribution in [-0.2, 0) is 16.0 Å². The highest BCUT2D eigenvalue weighted by atomic mass is 16.6. The molecule has 1 amide bonds. The van der Waals surface area contributed by atoms with Crippen LogP contribution in [0.5, 0.6) is 0 Å². The second-order valence-electron chi connectivity index (χ2n) is 4.61. The third-order valence-electron chi connectivity index (χ3n) is 1.87. The molecule has 0 atom stereocenters. The summed E-state index contributed by atoms with van der Waals surface area (Å²) in [6.07, 6.45) is 0.894. The lowest BCUT2D eigenvalue weighted by atomic mass is 10.2. The number of methoxy groups -OCH3 is 1. The molecule has 0 saturated heterocycles. The lowest BCUT2D eigenvalue weighted by molar-refractivity contribution is 0.0519. The molecule has 0 aliphatic heterocycles. The smallest absolute Gasteiger partial charge is 0.408 e. The zero-order valence-electron chi connectivity index (χ0n) is 11.1. The average Bonchev–Trinajstić information content (AvgIpc) is 2.71. The van der Waals surface area contributed by atoms with E-state index in [1.165, 1.54) is 13.4 Å². The van der Waals surface area contributed by atoms with Crippen molar-refractivity contribution in [2.45, 2.75) is 32.9 Å². The first-order valence-electron chi connectivity index (χ1n) is 5.46. The summed E-state index contributed by atoms with van der Waals surface area (Å²) in [5, 5.41) is 2.54. The molecule has 1 rings (SSSR count). The van der Waals surface area contributed by atoms with E-state index in [1.54, 1.807) is 20.8 Å². The predicted octanol–water partition coefficient (Wildman–Crippen LogP) is 2.32. The van der Waals surface area contributed by atoms with Gasteiger partial charge in [0.15, 0.2) is 0 Å². The Bertz CT molecular complexity index is 432. The van der Waals surface area contributed by atoms with Crippen LogP contribution in [0.3, 0.4) is 0 Å². The minimum absolute atomic E-state index is 0.145. The van der Waals surface area contributed by atoms with Crippen molar-refractivity contribution >= 4 is 11.9 Å². The lowest BCUT2D eigenvalue weighted by Gasteiger charge is -2.19. The van der Waals surface area contributed by atoms with Crippen LogP contribution < -0.4 is 5.32 Å². The maximum absolute atomic E-state index is 11.4. The summed E-state index contributed by atoms with van der Waals surface area (Å²) >= 11 is 0. The van der Waals surface area contributed by atoms with E-state index in [9.17, 15) is 4.79 Å². The van der Waals surface area contributed by atoms with Gasteiger partial charge in [-0.3, -0.25) is 0 Å². The van der Waals surface area contributed by atoms with Crippen molar-refractivity contribution in [3.63, 3.8) is 0 Å². The van der Waals surface area contributed by atoms with Crippen LogP contribution >= 0.6 is 0 Å². The Kier molecular flexibility index (Phi) is 4.36. The van der Waals surface area contributed by atoms with Crippen molar-refractivity contribution in [1.29, 1.82) is 0 Å². The van der Waals surface area contributed by atoms with Gasteiger partial charge in [0.25, 0.3) is 0 Å². The van der Waals surface area contributed by atoms with E-state index < -0.39 is 11.7 Å². The normalized spacial score (nSPS) is 10.9. The van der Waals surface area contributed by atoms with Crippen LogP contribution in [0.15, 0.2) is 17.3 Å². The molecule has 1 aromatic rings. The van der Waals surface area contributed by atoms with E-state index >= 15 is 0 Å². The molecule has 0 aliphatic carbocycles. The van der Waals surface area contributed by atoms with E-state index in [2.05, 4.69) is 16.9 Å². The van der Waals surface area contributed by atoms with Gasteiger partial charge in [-0.15, -0.1) is 0 Å². The van der Waals surface area contributed by atoms with Crippen molar-refractivity contribution in [2.24, 2.45) is 0 Å². The molecule has 0 unspecified atom stereocenters. The Morgan fingerprint density at radius 2 is 2.22 bits per heavy atom. The molecular formula is C12H18N2O4. The van der Waals surface area contributed by atoms with Gasteiger partial charge in [-0.2, -0.15) is 0 Å². The van der Waals surface area contributed by atoms with Crippen LogP contribution in [-0.4, -0.2) is 23.8 Å². The van der Waals surface area contributed by atoms with Crippen molar-refractivity contribution in [2.75, 3.05) is 7.11 Å². The van der Waals surface area contributed by atoms with Gasteiger partial charge in [-0.25, -0.2) is 9.78 Å².